The quantitative estimate of drug-likeness (QED) is 0.162. The highest BCUT2D eigenvalue weighted by atomic mass is 32.2. The number of methoxy groups -OCH3 is 2. The number of carbonyl (C=O) groups excluding carboxylic acids is 1. The number of hydrazine groups is 1. The number of hydrogen-bond acceptors (Lipinski definition) is 9. The first-order valence-electron chi connectivity index (χ1n) is 12.2. The van der Waals surface area contributed by atoms with E-state index in [0.29, 0.717) is 28.3 Å². The molecule has 1 amide bonds. The van der Waals surface area contributed by atoms with Gasteiger partial charge in [0.15, 0.2) is 11.3 Å². The number of benzene rings is 2. The smallest absolute Gasteiger partial charge is 0.292 e. The SMILES string of the molecule is COc1cccc(OC)c1NC(=NS(=O)(=O)C(C)C(C)c1ncc(C)cn1)NNC(=O)c1noc2ccccc12. The lowest BCUT2D eigenvalue weighted by Gasteiger charge is -2.20. The number of ether oxygens (including phenoxy) is 2. The Morgan fingerprint density at radius 3 is 2.27 bits per heavy atom. The zero-order valence-electron chi connectivity index (χ0n) is 22.5. The Hall–Kier alpha value is -4.72. The van der Waals surface area contributed by atoms with Gasteiger partial charge in [0.25, 0.3) is 15.9 Å². The molecule has 2 aromatic heterocycles. The summed E-state index contributed by atoms with van der Waals surface area (Å²) in [5, 5.41) is 6.15. The fourth-order valence-electron chi connectivity index (χ4n) is 3.71. The van der Waals surface area contributed by atoms with Gasteiger partial charge in [-0.05, 0) is 43.7 Å². The summed E-state index contributed by atoms with van der Waals surface area (Å²) >= 11 is 0. The summed E-state index contributed by atoms with van der Waals surface area (Å²) in [6, 6.07) is 11.8. The Bertz CT molecular complexity index is 1610. The van der Waals surface area contributed by atoms with Crippen molar-refractivity contribution in [3.05, 3.63) is 71.9 Å². The summed E-state index contributed by atoms with van der Waals surface area (Å²) in [6.45, 7) is 5.04. The van der Waals surface area contributed by atoms with E-state index >= 15 is 0 Å². The Labute approximate surface area is 231 Å². The van der Waals surface area contributed by atoms with Gasteiger partial charge in [0.1, 0.15) is 23.0 Å². The van der Waals surface area contributed by atoms with Crippen molar-refractivity contribution < 1.29 is 27.2 Å². The highest BCUT2D eigenvalue weighted by Crippen LogP contribution is 2.34. The number of amides is 1. The topological polar surface area (TPSA) is 170 Å². The zero-order chi connectivity index (χ0) is 28.9. The molecular formula is C26H29N7O6S. The monoisotopic (exact) mass is 567 g/mol. The molecule has 2 heterocycles. The molecule has 0 bridgehead atoms. The van der Waals surface area contributed by atoms with E-state index in [1.807, 2.05) is 6.92 Å². The van der Waals surface area contributed by atoms with Crippen molar-refractivity contribution >= 4 is 38.5 Å². The number of rotatable bonds is 8. The van der Waals surface area contributed by atoms with E-state index in [-0.39, 0.29) is 17.3 Å². The maximum absolute atomic E-state index is 13.4. The van der Waals surface area contributed by atoms with E-state index < -0.39 is 27.1 Å². The zero-order valence-corrected chi connectivity index (χ0v) is 23.3. The number of nitrogens with zero attached hydrogens (tertiary/aromatic N) is 4. The molecule has 2 unspecified atom stereocenters. The molecule has 210 valence electrons. The standard InChI is InChI=1S/C26H29N7O6S/c1-15-13-27-24(28-14-15)16(2)17(3)40(35,36)33-26(29-23-20(37-4)11-8-12-21(23)38-5)31-30-25(34)22-18-9-6-7-10-19(18)39-32-22/h6-14,16-17H,1-5H3,(H,30,34)(H2,29,31,33). The number of sulfonamides is 1. The van der Waals surface area contributed by atoms with Gasteiger partial charge >= 0.3 is 0 Å². The van der Waals surface area contributed by atoms with E-state index in [9.17, 15) is 13.2 Å². The Morgan fingerprint density at radius 2 is 1.62 bits per heavy atom. The van der Waals surface area contributed by atoms with Crippen molar-refractivity contribution in [1.29, 1.82) is 0 Å². The minimum absolute atomic E-state index is 0.00121. The minimum Gasteiger partial charge on any atom is -0.494 e. The summed E-state index contributed by atoms with van der Waals surface area (Å²) in [5.41, 5.74) is 6.52. The van der Waals surface area contributed by atoms with Crippen LogP contribution in [-0.4, -0.2) is 54.9 Å². The molecule has 4 aromatic rings. The first kappa shape index (κ1) is 28.3. The third kappa shape index (κ3) is 6.12. The number of para-hydroxylation sites is 2. The van der Waals surface area contributed by atoms with Gasteiger partial charge in [-0.2, -0.15) is 0 Å². The Balaban J connectivity index is 1.66. The maximum Gasteiger partial charge on any atom is 0.292 e. The van der Waals surface area contributed by atoms with Crippen LogP contribution in [0.4, 0.5) is 5.69 Å². The van der Waals surface area contributed by atoms with Gasteiger partial charge in [-0.25, -0.2) is 18.4 Å². The molecule has 0 fully saturated rings. The van der Waals surface area contributed by atoms with Gasteiger partial charge in [0, 0.05) is 18.3 Å². The Morgan fingerprint density at radius 1 is 0.975 bits per heavy atom. The van der Waals surface area contributed by atoms with Crippen molar-refractivity contribution in [1.82, 2.24) is 26.0 Å². The first-order chi connectivity index (χ1) is 19.1. The second-order valence-electron chi connectivity index (χ2n) is 8.84. The van der Waals surface area contributed by atoms with Crippen LogP contribution in [0.15, 0.2) is 63.8 Å². The van der Waals surface area contributed by atoms with Gasteiger partial charge < -0.3 is 19.3 Å². The van der Waals surface area contributed by atoms with Gasteiger partial charge in [-0.1, -0.05) is 30.3 Å². The predicted molar refractivity (Wildman–Crippen MR) is 149 cm³/mol. The van der Waals surface area contributed by atoms with E-state index in [0.717, 1.165) is 5.56 Å². The number of aryl methyl sites for hydroxylation is 1. The summed E-state index contributed by atoms with van der Waals surface area (Å²) in [5.74, 6) is -0.556. The van der Waals surface area contributed by atoms with Crippen LogP contribution in [0.5, 0.6) is 11.5 Å². The van der Waals surface area contributed by atoms with E-state index in [2.05, 4.69) is 35.7 Å². The lowest BCUT2D eigenvalue weighted by molar-refractivity contribution is 0.0936. The molecule has 0 aliphatic rings. The minimum atomic E-state index is -4.20. The molecule has 0 saturated heterocycles. The average molecular weight is 568 g/mol. The van der Waals surface area contributed by atoms with Crippen LogP contribution in [0.3, 0.4) is 0 Å². The van der Waals surface area contributed by atoms with Crippen LogP contribution in [0.25, 0.3) is 11.0 Å². The van der Waals surface area contributed by atoms with Crippen molar-refractivity contribution in [3.8, 4) is 11.5 Å². The molecule has 0 saturated carbocycles. The number of fused-ring (bicyclic) bond motifs is 1. The number of guanidine groups is 1. The van der Waals surface area contributed by atoms with Gasteiger partial charge in [-0.3, -0.25) is 15.6 Å². The second-order valence-corrected chi connectivity index (χ2v) is 10.8. The molecule has 40 heavy (non-hydrogen) atoms. The van der Waals surface area contributed by atoms with Gasteiger partial charge in [0.05, 0.1) is 24.9 Å². The van der Waals surface area contributed by atoms with Gasteiger partial charge in [-0.15, -0.1) is 4.40 Å². The highest BCUT2D eigenvalue weighted by molar-refractivity contribution is 7.90. The average Bonchev–Trinajstić information content (AvgIpc) is 3.39. The number of hydrogen-bond donors (Lipinski definition) is 3. The van der Waals surface area contributed by atoms with Crippen LogP contribution in [0, 0.1) is 6.92 Å². The highest BCUT2D eigenvalue weighted by Gasteiger charge is 2.30. The van der Waals surface area contributed by atoms with Crippen molar-refractivity contribution in [3.63, 3.8) is 0 Å². The molecule has 0 radical (unpaired) electrons. The van der Waals surface area contributed by atoms with E-state index in [1.165, 1.54) is 21.1 Å². The first-order valence-corrected chi connectivity index (χ1v) is 13.7. The van der Waals surface area contributed by atoms with Crippen LogP contribution < -0.4 is 25.6 Å². The molecule has 2 aromatic carbocycles. The second kappa shape index (κ2) is 12.0. The van der Waals surface area contributed by atoms with Crippen molar-refractivity contribution in [2.75, 3.05) is 19.5 Å². The lowest BCUT2D eigenvalue weighted by atomic mass is 10.1. The number of anilines is 1. The van der Waals surface area contributed by atoms with Crippen molar-refractivity contribution in [2.24, 2.45) is 4.40 Å². The van der Waals surface area contributed by atoms with Crippen LogP contribution >= 0.6 is 0 Å². The maximum atomic E-state index is 13.4. The lowest BCUT2D eigenvalue weighted by Crippen LogP contribution is -2.46. The Kier molecular flexibility index (Phi) is 8.48. The molecule has 4 rings (SSSR count). The molecule has 0 spiro atoms. The third-order valence-electron chi connectivity index (χ3n) is 6.16. The summed E-state index contributed by atoms with van der Waals surface area (Å²) in [4.78, 5) is 21.5. The van der Waals surface area contributed by atoms with Crippen LogP contribution in [0.1, 0.15) is 41.6 Å². The third-order valence-corrected chi connectivity index (χ3v) is 7.94. The molecule has 0 aliphatic carbocycles. The largest absolute Gasteiger partial charge is 0.494 e. The predicted octanol–water partition coefficient (Wildman–Crippen LogP) is 3.17. The molecule has 13 nitrogen and oxygen atoms in total. The van der Waals surface area contributed by atoms with E-state index in [1.54, 1.807) is 61.8 Å². The number of carbonyl (C=O) groups is 1. The number of nitrogens with one attached hydrogen (secondary N) is 3. The van der Waals surface area contributed by atoms with Crippen LogP contribution in [-0.2, 0) is 10.0 Å². The fraction of sp³-hybridized carbons (Fsp3) is 0.269. The normalized spacial score (nSPS) is 13.4. The molecule has 3 N–H and O–H groups in total. The van der Waals surface area contributed by atoms with Gasteiger partial charge in [0.2, 0.25) is 5.96 Å². The molecular weight excluding hydrogens is 538 g/mol. The molecule has 2 atom stereocenters. The summed E-state index contributed by atoms with van der Waals surface area (Å²) in [6.07, 6.45) is 3.24. The summed E-state index contributed by atoms with van der Waals surface area (Å²) < 4.78 is 46.9. The van der Waals surface area contributed by atoms with Crippen LogP contribution in [0.2, 0.25) is 0 Å². The molecule has 0 aliphatic heterocycles. The number of aromatic nitrogens is 3. The summed E-state index contributed by atoms with van der Waals surface area (Å²) in [7, 11) is -1.30. The fourth-order valence-corrected chi connectivity index (χ4v) is 4.86. The van der Waals surface area contributed by atoms with Crippen molar-refractivity contribution in [2.45, 2.75) is 31.9 Å². The van der Waals surface area contributed by atoms with E-state index in [4.69, 9.17) is 14.0 Å². The molecule has 14 heteroatoms.